The number of benzene rings is 1. The van der Waals surface area contributed by atoms with Gasteiger partial charge in [-0.3, -0.25) is 0 Å². The molecule has 5 heteroatoms. The van der Waals surface area contributed by atoms with Crippen molar-refractivity contribution in [3.8, 4) is 17.3 Å². The van der Waals surface area contributed by atoms with E-state index in [2.05, 4.69) is 43.9 Å². The smallest absolute Gasteiger partial charge is 0.215 e. The number of aryl methyl sites for hydroxylation is 1. The Hall–Kier alpha value is -1.88. The highest BCUT2D eigenvalue weighted by Crippen LogP contribution is 2.30. The van der Waals surface area contributed by atoms with Crippen LogP contribution in [0.2, 0.25) is 0 Å². The van der Waals surface area contributed by atoms with Crippen LogP contribution < -0.4 is 4.74 Å². The van der Waals surface area contributed by atoms with Crippen molar-refractivity contribution in [2.24, 2.45) is 0 Å². The van der Waals surface area contributed by atoms with E-state index in [0.717, 1.165) is 21.4 Å². The van der Waals surface area contributed by atoms with Crippen LogP contribution in [0.1, 0.15) is 12.5 Å². The van der Waals surface area contributed by atoms with Crippen LogP contribution in [0.15, 0.2) is 34.8 Å². The zero-order valence-corrected chi connectivity index (χ0v) is 12.9. The predicted molar refractivity (Wildman–Crippen MR) is 82.9 cm³/mol. The van der Waals surface area contributed by atoms with Gasteiger partial charge in [0, 0.05) is 16.1 Å². The molecule has 4 nitrogen and oxygen atoms in total. The molecule has 0 bridgehead atoms. The number of hydrogen-bond donors (Lipinski definition) is 1. The molecule has 0 unspecified atom stereocenters. The van der Waals surface area contributed by atoms with Gasteiger partial charge >= 0.3 is 0 Å². The summed E-state index contributed by atoms with van der Waals surface area (Å²) in [6, 6.07) is 9.88. The third-order valence-electron chi connectivity index (χ3n) is 3.06. The normalized spacial score (nSPS) is 10.9. The van der Waals surface area contributed by atoms with Gasteiger partial charge in [0.2, 0.25) is 5.88 Å². The Morgan fingerprint density at radius 2 is 2.05 bits per heavy atom. The molecular formula is C15H14BrN3O. The van der Waals surface area contributed by atoms with Crippen molar-refractivity contribution in [2.75, 3.05) is 6.61 Å². The van der Waals surface area contributed by atoms with Gasteiger partial charge in [0.25, 0.3) is 0 Å². The van der Waals surface area contributed by atoms with E-state index in [-0.39, 0.29) is 0 Å². The second kappa shape index (κ2) is 5.25. The lowest BCUT2D eigenvalue weighted by Crippen LogP contribution is -1.93. The van der Waals surface area contributed by atoms with Gasteiger partial charge in [-0.25, -0.2) is 4.98 Å². The van der Waals surface area contributed by atoms with Crippen molar-refractivity contribution in [2.45, 2.75) is 13.8 Å². The number of aromatic nitrogens is 3. The van der Waals surface area contributed by atoms with Crippen LogP contribution >= 0.6 is 15.9 Å². The fraction of sp³-hybridized carbons (Fsp3) is 0.200. The highest BCUT2D eigenvalue weighted by atomic mass is 79.9. The van der Waals surface area contributed by atoms with E-state index in [4.69, 9.17) is 4.74 Å². The van der Waals surface area contributed by atoms with E-state index in [1.165, 1.54) is 5.56 Å². The van der Waals surface area contributed by atoms with Crippen molar-refractivity contribution in [3.05, 3.63) is 40.4 Å². The Labute approximate surface area is 125 Å². The molecule has 3 aromatic rings. The second-order valence-electron chi connectivity index (χ2n) is 4.48. The van der Waals surface area contributed by atoms with E-state index in [1.54, 1.807) is 0 Å². The molecule has 0 aliphatic heterocycles. The largest absolute Gasteiger partial charge is 0.478 e. The number of H-pyrrole nitrogens is 1. The maximum absolute atomic E-state index is 5.40. The van der Waals surface area contributed by atoms with Crippen LogP contribution in [-0.4, -0.2) is 21.6 Å². The van der Waals surface area contributed by atoms with Crippen LogP contribution in [0, 0.1) is 6.92 Å². The molecule has 0 aliphatic carbocycles. The van der Waals surface area contributed by atoms with Crippen molar-refractivity contribution in [1.82, 2.24) is 15.0 Å². The third-order valence-corrected chi connectivity index (χ3v) is 4.11. The summed E-state index contributed by atoms with van der Waals surface area (Å²) in [6.07, 6.45) is 0. The first-order valence-corrected chi connectivity index (χ1v) is 7.23. The van der Waals surface area contributed by atoms with Crippen LogP contribution in [-0.2, 0) is 0 Å². The van der Waals surface area contributed by atoms with E-state index in [9.17, 15) is 0 Å². The lowest BCUT2D eigenvalue weighted by molar-refractivity contribution is 0.328. The molecule has 2 heterocycles. The quantitative estimate of drug-likeness (QED) is 0.786. The van der Waals surface area contributed by atoms with Crippen LogP contribution in [0.4, 0.5) is 0 Å². The van der Waals surface area contributed by atoms with Crippen LogP contribution in [0.25, 0.3) is 22.6 Å². The number of fused-ring (bicyclic) bond motifs is 1. The summed E-state index contributed by atoms with van der Waals surface area (Å²) in [4.78, 5) is 12.2. The Kier molecular flexibility index (Phi) is 3.44. The molecule has 102 valence electrons. The fourth-order valence-corrected chi connectivity index (χ4v) is 2.51. The highest BCUT2D eigenvalue weighted by molar-refractivity contribution is 9.10. The molecule has 0 saturated carbocycles. The molecular weight excluding hydrogens is 318 g/mol. The van der Waals surface area contributed by atoms with Gasteiger partial charge in [0.1, 0.15) is 5.82 Å². The fourth-order valence-electron chi connectivity index (χ4n) is 2.06. The summed E-state index contributed by atoms with van der Waals surface area (Å²) >= 11 is 3.61. The summed E-state index contributed by atoms with van der Waals surface area (Å²) < 4.78 is 6.44. The SMILES string of the molecule is CCOc1ccc2[nH]c(-c3cccc(C)c3Br)nc2n1. The lowest BCUT2D eigenvalue weighted by Gasteiger charge is -2.03. The first-order valence-electron chi connectivity index (χ1n) is 6.44. The molecule has 0 radical (unpaired) electrons. The van der Waals surface area contributed by atoms with Crippen molar-refractivity contribution >= 4 is 27.1 Å². The van der Waals surface area contributed by atoms with Gasteiger partial charge in [0.05, 0.1) is 12.1 Å². The lowest BCUT2D eigenvalue weighted by atomic mass is 10.1. The summed E-state index contributed by atoms with van der Waals surface area (Å²) in [7, 11) is 0. The van der Waals surface area contributed by atoms with Crippen molar-refractivity contribution in [3.63, 3.8) is 0 Å². The first kappa shape index (κ1) is 13.1. The highest BCUT2D eigenvalue weighted by Gasteiger charge is 2.11. The number of nitrogens with one attached hydrogen (secondary N) is 1. The van der Waals surface area contributed by atoms with Crippen molar-refractivity contribution in [1.29, 1.82) is 0 Å². The molecule has 0 fully saturated rings. The number of ether oxygens (including phenoxy) is 1. The molecule has 20 heavy (non-hydrogen) atoms. The summed E-state index contributed by atoms with van der Waals surface area (Å²) in [5.41, 5.74) is 3.77. The Morgan fingerprint density at radius 1 is 1.20 bits per heavy atom. The molecule has 1 N–H and O–H groups in total. The predicted octanol–water partition coefficient (Wildman–Crippen LogP) is 4.09. The van der Waals surface area contributed by atoms with Crippen molar-refractivity contribution < 1.29 is 4.74 Å². The molecule has 1 aromatic carbocycles. The standard InChI is InChI=1S/C15H14BrN3O/c1-3-20-12-8-7-11-15(18-12)19-14(17-11)10-6-4-5-9(2)13(10)16/h4-8H,3H2,1-2H3,(H,17,18,19). The third kappa shape index (κ3) is 2.29. The number of imidazole rings is 1. The number of hydrogen-bond acceptors (Lipinski definition) is 3. The van der Waals surface area contributed by atoms with E-state index in [0.29, 0.717) is 18.1 Å². The molecule has 2 aromatic heterocycles. The van der Waals surface area contributed by atoms with Gasteiger partial charge in [-0.2, -0.15) is 4.98 Å². The van der Waals surface area contributed by atoms with Gasteiger partial charge in [-0.05, 0) is 41.4 Å². The average Bonchev–Trinajstić information content (AvgIpc) is 2.85. The summed E-state index contributed by atoms with van der Waals surface area (Å²) in [5.74, 6) is 1.40. The van der Waals surface area contributed by atoms with Gasteiger partial charge in [0.15, 0.2) is 5.65 Å². The maximum Gasteiger partial charge on any atom is 0.215 e. The minimum atomic E-state index is 0.596. The number of rotatable bonds is 3. The number of aromatic amines is 1. The first-order chi connectivity index (χ1) is 9.69. The summed E-state index contributed by atoms with van der Waals surface area (Å²) in [6.45, 7) is 4.59. The van der Waals surface area contributed by atoms with E-state index < -0.39 is 0 Å². The van der Waals surface area contributed by atoms with E-state index in [1.807, 2.05) is 31.2 Å². The van der Waals surface area contributed by atoms with Crippen LogP contribution in [0.5, 0.6) is 5.88 Å². The average molecular weight is 332 g/mol. The zero-order chi connectivity index (χ0) is 14.1. The monoisotopic (exact) mass is 331 g/mol. The van der Waals surface area contributed by atoms with E-state index >= 15 is 0 Å². The minimum absolute atomic E-state index is 0.596. The number of pyridine rings is 1. The Morgan fingerprint density at radius 3 is 2.85 bits per heavy atom. The maximum atomic E-state index is 5.40. The number of nitrogens with zero attached hydrogens (tertiary/aromatic N) is 2. The Balaban J connectivity index is 2.10. The molecule has 3 rings (SSSR count). The topological polar surface area (TPSA) is 50.8 Å². The molecule has 0 aliphatic rings. The molecule has 0 spiro atoms. The van der Waals surface area contributed by atoms with Crippen LogP contribution in [0.3, 0.4) is 0 Å². The second-order valence-corrected chi connectivity index (χ2v) is 5.27. The summed E-state index contributed by atoms with van der Waals surface area (Å²) in [5, 5.41) is 0. The zero-order valence-electron chi connectivity index (χ0n) is 11.3. The molecule has 0 atom stereocenters. The van der Waals surface area contributed by atoms with Gasteiger partial charge < -0.3 is 9.72 Å². The molecule has 0 amide bonds. The Bertz CT molecular complexity index is 767. The molecule has 0 saturated heterocycles. The number of halogens is 1. The minimum Gasteiger partial charge on any atom is -0.478 e. The van der Waals surface area contributed by atoms with Gasteiger partial charge in [-0.15, -0.1) is 0 Å². The van der Waals surface area contributed by atoms with Gasteiger partial charge in [-0.1, -0.05) is 18.2 Å².